The predicted octanol–water partition coefficient (Wildman–Crippen LogP) is 2.24. The fourth-order valence-corrected chi connectivity index (χ4v) is 1.84. The fraction of sp³-hybridized carbons (Fsp3) is 1.00. The molecule has 0 aromatic heterocycles. The Morgan fingerprint density at radius 2 is 1.50 bits per heavy atom. The van der Waals surface area contributed by atoms with Crippen molar-refractivity contribution >= 4 is 31.4 Å². The fourth-order valence-electron chi connectivity index (χ4n) is 0.0680. The first-order valence-corrected chi connectivity index (χ1v) is 6.56. The number of hydrogen-bond donors (Lipinski definition) is 1. The maximum Gasteiger partial charge on any atom is -0.00709 e. The Morgan fingerprint density at radius 1 is 1.25 bits per heavy atom. The quantitative estimate of drug-likeness (QED) is 0.644. The van der Waals surface area contributed by atoms with Crippen molar-refractivity contribution in [3.8, 4) is 0 Å². The van der Waals surface area contributed by atoms with E-state index in [1.54, 1.807) is 31.4 Å². The number of rotatable bonds is 2. The molecule has 0 unspecified atom stereocenters. The standard InChI is InChI=1S/C2H7N.C2H6S3/c1-2-3;1-3-5-4-2/h2-3H2,1H3;1-2H3. The Hall–Kier alpha value is 1.01. The van der Waals surface area contributed by atoms with Gasteiger partial charge in [0, 0.05) is 0 Å². The minimum Gasteiger partial charge on any atom is -0.331 e. The van der Waals surface area contributed by atoms with Crippen LogP contribution in [0.25, 0.3) is 0 Å². The molecule has 0 atom stereocenters. The molecule has 0 bridgehead atoms. The van der Waals surface area contributed by atoms with E-state index in [0.717, 1.165) is 6.54 Å². The van der Waals surface area contributed by atoms with Crippen LogP contribution in [0.4, 0.5) is 0 Å². The van der Waals surface area contributed by atoms with E-state index in [4.69, 9.17) is 5.73 Å². The zero-order valence-corrected chi connectivity index (χ0v) is 7.96. The predicted molar refractivity (Wildman–Crippen MR) is 49.3 cm³/mol. The number of hydrogen-bond acceptors (Lipinski definition) is 4. The molecule has 0 heterocycles. The molecule has 0 aliphatic rings. The molecule has 0 aromatic carbocycles. The van der Waals surface area contributed by atoms with E-state index < -0.39 is 0 Å². The van der Waals surface area contributed by atoms with E-state index in [0.29, 0.717) is 0 Å². The molecule has 4 heteroatoms. The maximum atomic E-state index is 4.85. The van der Waals surface area contributed by atoms with Gasteiger partial charge >= 0.3 is 0 Å². The van der Waals surface area contributed by atoms with E-state index in [1.807, 2.05) is 6.92 Å². The Bertz CT molecular complexity index is 25.2. The lowest BCUT2D eigenvalue weighted by atomic mass is 10.8. The largest absolute Gasteiger partial charge is 0.331 e. The molecule has 1 nitrogen and oxygen atoms in total. The van der Waals surface area contributed by atoms with Crippen LogP contribution in [0.5, 0.6) is 0 Å². The molecule has 0 aromatic rings. The van der Waals surface area contributed by atoms with Gasteiger partial charge in [0.15, 0.2) is 0 Å². The monoisotopic (exact) mass is 171 g/mol. The second kappa shape index (κ2) is 15.7. The van der Waals surface area contributed by atoms with Gasteiger partial charge in [0.25, 0.3) is 0 Å². The second-order valence-electron chi connectivity index (χ2n) is 0.810. The minimum absolute atomic E-state index is 0.750. The van der Waals surface area contributed by atoms with Crippen molar-refractivity contribution in [3.63, 3.8) is 0 Å². The van der Waals surface area contributed by atoms with Crippen LogP contribution in [0, 0.1) is 0 Å². The summed E-state index contributed by atoms with van der Waals surface area (Å²) in [4.78, 5) is 0. The third-order valence-corrected chi connectivity index (χ3v) is 3.67. The van der Waals surface area contributed by atoms with Crippen molar-refractivity contribution in [2.45, 2.75) is 6.92 Å². The maximum absolute atomic E-state index is 4.85. The summed E-state index contributed by atoms with van der Waals surface area (Å²) in [6, 6.07) is 0. The van der Waals surface area contributed by atoms with E-state index in [2.05, 4.69) is 12.5 Å². The Morgan fingerprint density at radius 3 is 1.50 bits per heavy atom. The first kappa shape index (κ1) is 11.8. The highest BCUT2D eigenvalue weighted by Crippen LogP contribution is 2.28. The van der Waals surface area contributed by atoms with Crippen LogP contribution >= 0.6 is 31.4 Å². The zero-order valence-electron chi connectivity index (χ0n) is 5.51. The smallest absolute Gasteiger partial charge is 0.00709 e. The molecular weight excluding hydrogens is 158 g/mol. The summed E-state index contributed by atoms with van der Waals surface area (Å²) in [5, 5.41) is 0. The van der Waals surface area contributed by atoms with E-state index in [9.17, 15) is 0 Å². The van der Waals surface area contributed by atoms with Crippen molar-refractivity contribution in [2.24, 2.45) is 5.73 Å². The average Bonchev–Trinajstić information content (AvgIpc) is 1.71. The minimum atomic E-state index is 0.750. The van der Waals surface area contributed by atoms with Gasteiger partial charge in [-0.15, -0.1) is 0 Å². The summed E-state index contributed by atoms with van der Waals surface area (Å²) in [6.07, 6.45) is 4.14. The van der Waals surface area contributed by atoms with Crippen molar-refractivity contribution in [1.82, 2.24) is 0 Å². The summed E-state index contributed by atoms with van der Waals surface area (Å²) < 4.78 is 0. The van der Waals surface area contributed by atoms with Crippen LogP contribution in [-0.2, 0) is 0 Å². The molecule has 0 saturated heterocycles. The molecule has 0 radical (unpaired) electrons. The van der Waals surface area contributed by atoms with Gasteiger partial charge < -0.3 is 5.73 Å². The molecule has 0 spiro atoms. The first-order chi connectivity index (χ1) is 3.83. The molecule has 8 heavy (non-hydrogen) atoms. The van der Waals surface area contributed by atoms with Gasteiger partial charge in [-0.1, -0.05) is 28.5 Å². The summed E-state index contributed by atoms with van der Waals surface area (Å²) in [6.45, 7) is 2.65. The van der Waals surface area contributed by atoms with E-state index >= 15 is 0 Å². The lowest BCUT2D eigenvalue weighted by Gasteiger charge is -1.78. The number of nitrogens with two attached hydrogens (primary N) is 1. The molecule has 0 saturated carbocycles. The Balaban J connectivity index is 0. The van der Waals surface area contributed by atoms with Gasteiger partial charge in [-0.3, -0.25) is 0 Å². The van der Waals surface area contributed by atoms with Crippen LogP contribution in [0.3, 0.4) is 0 Å². The lowest BCUT2D eigenvalue weighted by Crippen LogP contribution is -1.87. The van der Waals surface area contributed by atoms with Gasteiger partial charge in [0.2, 0.25) is 0 Å². The van der Waals surface area contributed by atoms with E-state index in [-0.39, 0.29) is 0 Å². The molecular formula is C4H13NS3. The molecule has 2 N–H and O–H groups in total. The highest BCUT2D eigenvalue weighted by Gasteiger charge is 1.68. The van der Waals surface area contributed by atoms with Crippen molar-refractivity contribution in [3.05, 3.63) is 0 Å². The van der Waals surface area contributed by atoms with Crippen LogP contribution in [0.2, 0.25) is 0 Å². The van der Waals surface area contributed by atoms with Gasteiger partial charge in [-0.25, -0.2) is 0 Å². The molecule has 0 amide bonds. The second-order valence-corrected chi connectivity index (χ2v) is 5.25. The molecule has 0 fully saturated rings. The summed E-state index contributed by atoms with van der Waals surface area (Å²) in [7, 11) is 5.36. The Labute approximate surface area is 63.3 Å². The SMILES string of the molecule is CCN.CSSSC. The van der Waals surface area contributed by atoms with Crippen LogP contribution in [-0.4, -0.2) is 19.1 Å². The highest BCUT2D eigenvalue weighted by molar-refractivity contribution is 9.09. The van der Waals surface area contributed by atoms with Crippen LogP contribution < -0.4 is 5.73 Å². The highest BCUT2D eigenvalue weighted by atomic mass is 33.5. The third kappa shape index (κ3) is 27.9. The summed E-state index contributed by atoms with van der Waals surface area (Å²) >= 11 is 0. The van der Waals surface area contributed by atoms with Gasteiger partial charge in [0.1, 0.15) is 0 Å². The van der Waals surface area contributed by atoms with Crippen molar-refractivity contribution in [2.75, 3.05) is 19.1 Å². The summed E-state index contributed by atoms with van der Waals surface area (Å²) in [5.74, 6) is 0. The molecule has 0 aliphatic heterocycles. The lowest BCUT2D eigenvalue weighted by molar-refractivity contribution is 1.14. The third-order valence-electron chi connectivity index (χ3n) is 0.136. The first-order valence-electron chi connectivity index (χ1n) is 2.27. The molecule has 52 valence electrons. The van der Waals surface area contributed by atoms with Crippen LogP contribution in [0.15, 0.2) is 0 Å². The van der Waals surface area contributed by atoms with Crippen molar-refractivity contribution < 1.29 is 0 Å². The van der Waals surface area contributed by atoms with Gasteiger partial charge in [-0.2, -0.15) is 0 Å². The molecule has 0 aliphatic carbocycles. The topological polar surface area (TPSA) is 26.0 Å². The van der Waals surface area contributed by atoms with Crippen molar-refractivity contribution in [1.29, 1.82) is 0 Å². The Kier molecular flexibility index (Phi) is 23.1. The summed E-state index contributed by atoms with van der Waals surface area (Å²) in [5.41, 5.74) is 4.85. The van der Waals surface area contributed by atoms with Gasteiger partial charge in [-0.05, 0) is 28.9 Å². The van der Waals surface area contributed by atoms with Gasteiger partial charge in [0.05, 0.1) is 0 Å². The average molecular weight is 171 g/mol. The normalized spacial score (nSPS) is 7.50. The zero-order chi connectivity index (χ0) is 6.83. The van der Waals surface area contributed by atoms with Crippen LogP contribution in [0.1, 0.15) is 6.92 Å². The van der Waals surface area contributed by atoms with E-state index in [1.165, 1.54) is 0 Å². The molecule has 0 rings (SSSR count).